The molecule has 7 nitrogen and oxygen atoms in total. The SMILES string of the molecule is COc1ccc(NC(=O)C(=O)[C@H]2CCC3=C(Sc4ccccc4N3)C2=O)c(OC)c1. The molecule has 1 atom stereocenters. The van der Waals surface area contributed by atoms with E-state index >= 15 is 0 Å². The van der Waals surface area contributed by atoms with Crippen LogP contribution in [0.2, 0.25) is 0 Å². The number of carbonyl (C=O) groups is 3. The normalized spacial score (nSPS) is 17.4. The Morgan fingerprint density at radius 3 is 2.70 bits per heavy atom. The number of carbonyl (C=O) groups excluding carboxylic acids is 3. The molecule has 8 heteroatoms. The first kappa shape index (κ1) is 20.0. The third-order valence-electron chi connectivity index (χ3n) is 5.08. The van der Waals surface area contributed by atoms with E-state index in [0.717, 1.165) is 16.3 Å². The molecule has 0 saturated carbocycles. The first-order chi connectivity index (χ1) is 14.5. The fraction of sp³-hybridized carbons (Fsp3) is 0.227. The van der Waals surface area contributed by atoms with E-state index in [1.165, 1.54) is 26.0 Å². The van der Waals surface area contributed by atoms with Crippen LogP contribution in [0.3, 0.4) is 0 Å². The third kappa shape index (κ3) is 3.66. The summed E-state index contributed by atoms with van der Waals surface area (Å²) in [5, 5.41) is 5.84. The van der Waals surface area contributed by atoms with Gasteiger partial charge in [0, 0.05) is 16.7 Å². The molecular formula is C22H20N2O5S. The second kappa shape index (κ2) is 8.23. The number of benzene rings is 2. The fourth-order valence-electron chi connectivity index (χ4n) is 3.50. The van der Waals surface area contributed by atoms with E-state index < -0.39 is 17.6 Å². The summed E-state index contributed by atoms with van der Waals surface area (Å²) in [6.07, 6.45) is 0.817. The van der Waals surface area contributed by atoms with Crippen molar-refractivity contribution >= 4 is 40.6 Å². The van der Waals surface area contributed by atoms with Crippen molar-refractivity contribution in [1.29, 1.82) is 0 Å². The van der Waals surface area contributed by atoms with Gasteiger partial charge in [0.1, 0.15) is 11.5 Å². The van der Waals surface area contributed by atoms with Crippen molar-refractivity contribution in [3.05, 3.63) is 53.1 Å². The molecule has 0 saturated heterocycles. The maximum Gasteiger partial charge on any atom is 0.292 e. The number of hydrogen-bond acceptors (Lipinski definition) is 7. The molecule has 0 fully saturated rings. The molecule has 2 aromatic rings. The summed E-state index contributed by atoms with van der Waals surface area (Å²) in [4.78, 5) is 39.8. The molecular weight excluding hydrogens is 404 g/mol. The van der Waals surface area contributed by atoms with Crippen molar-refractivity contribution in [2.24, 2.45) is 5.92 Å². The maximum atomic E-state index is 13.0. The van der Waals surface area contributed by atoms with Crippen LogP contribution in [0.25, 0.3) is 0 Å². The van der Waals surface area contributed by atoms with Gasteiger partial charge in [0.15, 0.2) is 5.78 Å². The molecule has 30 heavy (non-hydrogen) atoms. The van der Waals surface area contributed by atoms with Crippen molar-refractivity contribution in [3.8, 4) is 11.5 Å². The standard InChI is InChI=1S/C22H20N2O5S/c1-28-12-7-9-14(17(11-12)29-2)24-22(27)20(26)13-8-10-16-21(19(13)25)30-18-6-4-3-5-15(18)23-16/h3-7,9,11,13,23H,8,10H2,1-2H3,(H,24,27)/t13-/m0/s1. The summed E-state index contributed by atoms with van der Waals surface area (Å²) in [5.41, 5.74) is 2.09. The molecule has 1 heterocycles. The summed E-state index contributed by atoms with van der Waals surface area (Å²) >= 11 is 1.35. The van der Waals surface area contributed by atoms with Crippen LogP contribution in [0.15, 0.2) is 58.0 Å². The Kier molecular flexibility index (Phi) is 5.50. The monoisotopic (exact) mass is 424 g/mol. The van der Waals surface area contributed by atoms with Crippen LogP contribution < -0.4 is 20.1 Å². The van der Waals surface area contributed by atoms with E-state index in [1.807, 2.05) is 24.3 Å². The predicted molar refractivity (Wildman–Crippen MR) is 114 cm³/mol. The van der Waals surface area contributed by atoms with Gasteiger partial charge in [-0.05, 0) is 37.1 Å². The van der Waals surface area contributed by atoms with Gasteiger partial charge in [-0.3, -0.25) is 14.4 Å². The van der Waals surface area contributed by atoms with Crippen molar-refractivity contribution in [2.75, 3.05) is 24.9 Å². The zero-order valence-corrected chi connectivity index (χ0v) is 17.3. The minimum atomic E-state index is -0.993. The highest BCUT2D eigenvalue weighted by molar-refractivity contribution is 8.04. The van der Waals surface area contributed by atoms with E-state index in [2.05, 4.69) is 10.6 Å². The quantitative estimate of drug-likeness (QED) is 0.559. The predicted octanol–water partition coefficient (Wildman–Crippen LogP) is 3.62. The molecule has 0 radical (unpaired) electrons. The summed E-state index contributed by atoms with van der Waals surface area (Å²) in [6.45, 7) is 0. The Labute approximate surface area is 177 Å². The van der Waals surface area contributed by atoms with Gasteiger partial charge in [0.2, 0.25) is 5.78 Å². The highest BCUT2D eigenvalue weighted by Gasteiger charge is 2.39. The van der Waals surface area contributed by atoms with Crippen molar-refractivity contribution in [2.45, 2.75) is 17.7 Å². The van der Waals surface area contributed by atoms with E-state index in [0.29, 0.717) is 34.9 Å². The van der Waals surface area contributed by atoms with E-state index in [1.54, 1.807) is 18.2 Å². The van der Waals surface area contributed by atoms with Crippen LogP contribution in [0, 0.1) is 5.92 Å². The number of hydrogen-bond donors (Lipinski definition) is 2. The number of thioether (sulfide) groups is 1. The van der Waals surface area contributed by atoms with Gasteiger partial charge in [-0.25, -0.2) is 0 Å². The second-order valence-corrected chi connectivity index (χ2v) is 7.92. The number of nitrogens with one attached hydrogen (secondary N) is 2. The zero-order valence-electron chi connectivity index (χ0n) is 16.5. The van der Waals surface area contributed by atoms with Crippen LogP contribution >= 0.6 is 11.8 Å². The average molecular weight is 424 g/mol. The summed E-state index contributed by atoms with van der Waals surface area (Å²) in [7, 11) is 2.97. The van der Waals surface area contributed by atoms with Crippen LogP contribution in [-0.2, 0) is 14.4 Å². The number of fused-ring (bicyclic) bond motifs is 1. The first-order valence-electron chi connectivity index (χ1n) is 9.40. The molecule has 1 aliphatic carbocycles. The Hall–Kier alpha value is -3.26. The van der Waals surface area contributed by atoms with E-state index in [-0.39, 0.29) is 5.78 Å². The van der Waals surface area contributed by atoms with Gasteiger partial charge in [0.25, 0.3) is 5.91 Å². The molecule has 0 spiro atoms. The highest BCUT2D eigenvalue weighted by Crippen LogP contribution is 2.45. The molecule has 2 aliphatic rings. The zero-order chi connectivity index (χ0) is 21.3. The van der Waals surface area contributed by atoms with Crippen LogP contribution in [0.1, 0.15) is 12.8 Å². The number of anilines is 2. The highest BCUT2D eigenvalue weighted by atomic mass is 32.2. The maximum absolute atomic E-state index is 13.0. The summed E-state index contributed by atoms with van der Waals surface area (Å²) in [6, 6.07) is 12.5. The van der Waals surface area contributed by atoms with Crippen molar-refractivity contribution in [1.82, 2.24) is 0 Å². The minimum Gasteiger partial charge on any atom is -0.497 e. The van der Waals surface area contributed by atoms with E-state index in [4.69, 9.17) is 9.47 Å². The van der Waals surface area contributed by atoms with Crippen LogP contribution in [-0.4, -0.2) is 31.7 Å². The molecule has 2 aromatic carbocycles. The van der Waals surface area contributed by atoms with Crippen molar-refractivity contribution in [3.63, 3.8) is 0 Å². The Balaban J connectivity index is 1.50. The molecule has 1 aliphatic heterocycles. The lowest BCUT2D eigenvalue weighted by Gasteiger charge is -2.29. The van der Waals surface area contributed by atoms with Gasteiger partial charge >= 0.3 is 0 Å². The first-order valence-corrected chi connectivity index (χ1v) is 10.2. The van der Waals surface area contributed by atoms with Crippen LogP contribution in [0.4, 0.5) is 11.4 Å². The van der Waals surface area contributed by atoms with Crippen LogP contribution in [0.5, 0.6) is 11.5 Å². The molecule has 2 N–H and O–H groups in total. The Morgan fingerprint density at radius 1 is 1.13 bits per heavy atom. The molecule has 154 valence electrons. The van der Waals surface area contributed by atoms with Gasteiger partial charge in [-0.2, -0.15) is 0 Å². The Bertz CT molecular complexity index is 1080. The minimum absolute atomic E-state index is 0.291. The number of allylic oxidation sites excluding steroid dienone is 2. The summed E-state index contributed by atoms with van der Waals surface area (Å²) < 4.78 is 10.4. The number of amides is 1. The average Bonchev–Trinajstić information content (AvgIpc) is 2.78. The molecule has 0 unspecified atom stereocenters. The largest absolute Gasteiger partial charge is 0.497 e. The van der Waals surface area contributed by atoms with Gasteiger partial charge in [-0.15, -0.1) is 0 Å². The lowest BCUT2D eigenvalue weighted by molar-refractivity contribution is -0.140. The number of rotatable bonds is 5. The Morgan fingerprint density at radius 2 is 1.93 bits per heavy atom. The molecule has 4 rings (SSSR count). The van der Waals surface area contributed by atoms with Gasteiger partial charge in [0.05, 0.1) is 36.4 Å². The smallest absolute Gasteiger partial charge is 0.292 e. The van der Waals surface area contributed by atoms with E-state index in [9.17, 15) is 14.4 Å². The van der Waals surface area contributed by atoms with Gasteiger partial charge < -0.3 is 20.1 Å². The van der Waals surface area contributed by atoms with Crippen molar-refractivity contribution < 1.29 is 23.9 Å². The lowest BCUT2D eigenvalue weighted by Crippen LogP contribution is -2.37. The number of ether oxygens (including phenoxy) is 2. The lowest BCUT2D eigenvalue weighted by atomic mass is 9.87. The molecule has 0 aromatic heterocycles. The second-order valence-electron chi connectivity index (χ2n) is 6.87. The number of ketones is 2. The molecule has 0 bridgehead atoms. The fourth-order valence-corrected chi connectivity index (χ4v) is 4.61. The number of methoxy groups -OCH3 is 2. The summed E-state index contributed by atoms with van der Waals surface area (Å²) in [5.74, 6) is -1.98. The topological polar surface area (TPSA) is 93.7 Å². The van der Waals surface area contributed by atoms with Gasteiger partial charge in [-0.1, -0.05) is 23.9 Å². The number of para-hydroxylation sites is 1. The third-order valence-corrected chi connectivity index (χ3v) is 6.31. The number of Topliss-reactive ketones (excluding diaryl/α,β-unsaturated/α-hetero) is 2. The molecule has 1 amide bonds.